The highest BCUT2D eigenvalue weighted by Gasteiger charge is 2.17. The van der Waals surface area contributed by atoms with Gasteiger partial charge in [0.15, 0.2) is 5.82 Å². The molecule has 1 aromatic carbocycles. The van der Waals surface area contributed by atoms with Gasteiger partial charge >= 0.3 is 0 Å². The van der Waals surface area contributed by atoms with Crippen molar-refractivity contribution in [2.45, 2.75) is 46.1 Å². The molecule has 0 saturated heterocycles. The van der Waals surface area contributed by atoms with E-state index in [4.69, 9.17) is 0 Å². The Labute approximate surface area is 149 Å². The Hall–Kier alpha value is -2.61. The van der Waals surface area contributed by atoms with E-state index in [-0.39, 0.29) is 0 Å². The number of hydrogen-bond acceptors (Lipinski definition) is 4. The lowest BCUT2D eigenvalue weighted by molar-refractivity contribution is 0.627. The van der Waals surface area contributed by atoms with Crippen molar-refractivity contribution in [2.75, 3.05) is 18.0 Å². The minimum absolute atomic E-state index is 0.580. The Morgan fingerprint density at radius 1 is 1.16 bits per heavy atom. The zero-order valence-electron chi connectivity index (χ0n) is 15.1. The van der Waals surface area contributed by atoms with E-state index in [1.54, 1.807) is 0 Å². The Morgan fingerprint density at radius 2 is 1.92 bits per heavy atom. The molecule has 0 atom stereocenters. The number of hydrogen-bond donors (Lipinski definition) is 0. The maximum absolute atomic E-state index is 9.64. The summed E-state index contributed by atoms with van der Waals surface area (Å²) in [5.74, 6) is 1.71. The maximum Gasteiger partial charge on any atom is 0.174 e. The Balaban J connectivity index is 1.89. The van der Waals surface area contributed by atoms with Crippen LogP contribution in [-0.4, -0.2) is 27.9 Å². The number of aryl methyl sites for hydroxylation is 1. The van der Waals surface area contributed by atoms with Crippen LogP contribution in [-0.2, 0) is 13.0 Å². The first-order chi connectivity index (χ1) is 12.3. The third kappa shape index (κ3) is 3.74. The molecule has 0 unspecified atom stereocenters. The van der Waals surface area contributed by atoms with Crippen molar-refractivity contribution in [3.63, 3.8) is 0 Å². The zero-order valence-corrected chi connectivity index (χ0v) is 15.1. The molecule has 3 rings (SSSR count). The van der Waals surface area contributed by atoms with E-state index < -0.39 is 0 Å². The highest BCUT2D eigenvalue weighted by Crippen LogP contribution is 2.22. The van der Waals surface area contributed by atoms with E-state index in [1.165, 1.54) is 12.1 Å². The summed E-state index contributed by atoms with van der Waals surface area (Å²) in [6.07, 6.45) is 6.34. The van der Waals surface area contributed by atoms with Gasteiger partial charge in [0.25, 0.3) is 0 Å². The predicted molar refractivity (Wildman–Crippen MR) is 101 cm³/mol. The smallest absolute Gasteiger partial charge is 0.174 e. The molecular weight excluding hydrogens is 310 g/mol. The van der Waals surface area contributed by atoms with Crippen molar-refractivity contribution in [3.05, 3.63) is 41.5 Å². The minimum Gasteiger partial charge on any atom is -0.372 e. The van der Waals surface area contributed by atoms with Crippen molar-refractivity contribution in [2.24, 2.45) is 0 Å². The lowest BCUT2D eigenvalue weighted by atomic mass is 10.1. The van der Waals surface area contributed by atoms with Crippen molar-refractivity contribution in [3.8, 4) is 6.07 Å². The van der Waals surface area contributed by atoms with E-state index in [9.17, 15) is 5.26 Å². The molecule has 25 heavy (non-hydrogen) atoms. The lowest BCUT2D eigenvalue weighted by Crippen LogP contribution is -2.21. The monoisotopic (exact) mass is 335 g/mol. The van der Waals surface area contributed by atoms with Crippen molar-refractivity contribution in [1.29, 1.82) is 5.26 Å². The number of fused-ring (bicyclic) bond motifs is 1. The van der Waals surface area contributed by atoms with E-state index in [1.807, 2.05) is 6.08 Å². The van der Waals surface area contributed by atoms with Crippen LogP contribution in [0.4, 0.5) is 5.69 Å². The van der Waals surface area contributed by atoms with Crippen LogP contribution in [0.3, 0.4) is 0 Å². The van der Waals surface area contributed by atoms with Gasteiger partial charge in [-0.3, -0.25) is 0 Å². The van der Waals surface area contributed by atoms with Gasteiger partial charge in [-0.15, -0.1) is 10.2 Å². The van der Waals surface area contributed by atoms with Crippen LogP contribution in [0.15, 0.2) is 24.3 Å². The summed E-state index contributed by atoms with van der Waals surface area (Å²) < 4.78 is 2.12. The van der Waals surface area contributed by atoms with Gasteiger partial charge in [0.05, 0.1) is 5.57 Å². The average molecular weight is 335 g/mol. The molecule has 0 radical (unpaired) electrons. The van der Waals surface area contributed by atoms with Crippen LogP contribution >= 0.6 is 0 Å². The number of anilines is 1. The Bertz CT molecular complexity index is 775. The largest absolute Gasteiger partial charge is 0.372 e. The summed E-state index contributed by atoms with van der Waals surface area (Å²) in [6.45, 7) is 7.18. The fourth-order valence-corrected chi connectivity index (χ4v) is 3.37. The summed E-state index contributed by atoms with van der Waals surface area (Å²) >= 11 is 0. The van der Waals surface area contributed by atoms with Crippen LogP contribution in [0.25, 0.3) is 11.6 Å². The molecule has 1 aliphatic heterocycles. The molecule has 0 N–H and O–H groups in total. The van der Waals surface area contributed by atoms with Crippen molar-refractivity contribution >= 4 is 17.3 Å². The van der Waals surface area contributed by atoms with Gasteiger partial charge in [0, 0.05) is 31.7 Å². The highest BCUT2D eigenvalue weighted by molar-refractivity contribution is 5.87. The average Bonchev–Trinajstić information content (AvgIpc) is 2.90. The van der Waals surface area contributed by atoms with Gasteiger partial charge < -0.3 is 9.47 Å². The molecule has 2 aromatic rings. The molecule has 2 heterocycles. The zero-order chi connectivity index (χ0) is 17.6. The molecule has 0 fully saturated rings. The molecular formula is C20H25N5. The fourth-order valence-electron chi connectivity index (χ4n) is 3.37. The second-order valence-electron chi connectivity index (χ2n) is 6.34. The Morgan fingerprint density at radius 3 is 2.60 bits per heavy atom. The van der Waals surface area contributed by atoms with E-state index >= 15 is 0 Å². The fraction of sp³-hybridized carbons (Fsp3) is 0.450. The first kappa shape index (κ1) is 17.2. The summed E-state index contributed by atoms with van der Waals surface area (Å²) in [5, 5.41) is 18.2. The molecule has 130 valence electrons. The summed E-state index contributed by atoms with van der Waals surface area (Å²) in [7, 11) is 0. The van der Waals surface area contributed by atoms with Gasteiger partial charge in [-0.2, -0.15) is 5.26 Å². The third-order valence-corrected chi connectivity index (χ3v) is 4.80. The molecule has 1 aromatic heterocycles. The molecule has 0 bridgehead atoms. The van der Waals surface area contributed by atoms with E-state index in [0.29, 0.717) is 11.4 Å². The van der Waals surface area contributed by atoms with Gasteiger partial charge in [0.1, 0.15) is 11.9 Å². The topological polar surface area (TPSA) is 57.7 Å². The molecule has 0 aliphatic carbocycles. The summed E-state index contributed by atoms with van der Waals surface area (Å²) in [4.78, 5) is 2.30. The number of nitriles is 1. The summed E-state index contributed by atoms with van der Waals surface area (Å²) in [5.41, 5.74) is 2.80. The number of nitrogens with zero attached hydrogens (tertiary/aromatic N) is 5. The van der Waals surface area contributed by atoms with Crippen LogP contribution in [0, 0.1) is 11.3 Å². The summed E-state index contributed by atoms with van der Waals surface area (Å²) in [6, 6.07) is 10.6. The first-order valence-electron chi connectivity index (χ1n) is 9.16. The molecule has 5 nitrogen and oxygen atoms in total. The van der Waals surface area contributed by atoms with Crippen molar-refractivity contribution in [1.82, 2.24) is 14.8 Å². The second-order valence-corrected chi connectivity index (χ2v) is 6.34. The standard InChI is InChI=1S/C20H25N5/c1-3-24(4-2)18-11-9-16(10-12-18)14-17(15-21)20-23-22-19-8-6-5-7-13-25(19)20/h9-12,14H,3-8,13H2,1-2H3/b17-14+. The molecule has 0 amide bonds. The van der Waals surface area contributed by atoms with Crippen LogP contribution < -0.4 is 4.90 Å². The van der Waals surface area contributed by atoms with Gasteiger partial charge in [-0.1, -0.05) is 18.6 Å². The maximum atomic E-state index is 9.64. The first-order valence-corrected chi connectivity index (χ1v) is 9.16. The van der Waals surface area contributed by atoms with Gasteiger partial charge in [-0.25, -0.2) is 0 Å². The highest BCUT2D eigenvalue weighted by atomic mass is 15.3. The lowest BCUT2D eigenvalue weighted by Gasteiger charge is -2.20. The second kappa shape index (κ2) is 7.98. The SMILES string of the molecule is CCN(CC)c1ccc(/C=C(\C#N)c2nnc3n2CCCCC3)cc1. The normalized spacial score (nSPS) is 14.5. The minimum atomic E-state index is 0.580. The Kier molecular flexibility index (Phi) is 5.49. The molecule has 5 heteroatoms. The van der Waals surface area contributed by atoms with Gasteiger partial charge in [0.2, 0.25) is 0 Å². The van der Waals surface area contributed by atoms with Crippen LogP contribution in [0.2, 0.25) is 0 Å². The van der Waals surface area contributed by atoms with Crippen molar-refractivity contribution < 1.29 is 0 Å². The quantitative estimate of drug-likeness (QED) is 0.777. The predicted octanol–water partition coefficient (Wildman–Crippen LogP) is 3.91. The number of allylic oxidation sites excluding steroid dienone is 1. The van der Waals surface area contributed by atoms with Gasteiger partial charge in [-0.05, 0) is 50.5 Å². The number of aromatic nitrogens is 3. The molecule has 0 saturated carbocycles. The van der Waals surface area contributed by atoms with Crippen LogP contribution in [0.1, 0.15) is 50.3 Å². The number of benzene rings is 1. The van der Waals surface area contributed by atoms with E-state index in [0.717, 1.165) is 50.3 Å². The molecule has 1 aliphatic rings. The van der Waals surface area contributed by atoms with E-state index in [2.05, 4.69) is 63.8 Å². The molecule has 0 spiro atoms. The number of rotatable bonds is 5. The van der Waals surface area contributed by atoms with Crippen LogP contribution in [0.5, 0.6) is 0 Å². The third-order valence-electron chi connectivity index (χ3n) is 4.80.